The van der Waals surface area contributed by atoms with Gasteiger partial charge < -0.3 is 0 Å². The molecule has 2 rings (SSSR count). The second kappa shape index (κ2) is 3.66. The zero-order valence-electron chi connectivity index (χ0n) is 10.4. The van der Waals surface area contributed by atoms with E-state index in [-0.39, 0.29) is 0 Å². The number of hydrogen-bond donors (Lipinski definition) is 0. The largest absolute Gasteiger partial charge is 0.0620 e. The third kappa shape index (κ3) is 2.25. The molecule has 82 valence electrons. The van der Waals surface area contributed by atoms with Crippen molar-refractivity contribution in [1.29, 1.82) is 0 Å². The summed E-state index contributed by atoms with van der Waals surface area (Å²) in [5.74, 6) is 1.51. The fourth-order valence-electron chi connectivity index (χ4n) is 2.14. The van der Waals surface area contributed by atoms with Crippen LogP contribution in [0.5, 0.6) is 0 Å². The van der Waals surface area contributed by atoms with Crippen LogP contribution >= 0.6 is 0 Å². The first kappa shape index (κ1) is 10.7. The van der Waals surface area contributed by atoms with Crippen molar-refractivity contribution in [1.82, 2.24) is 0 Å². The van der Waals surface area contributed by atoms with Crippen LogP contribution in [0.3, 0.4) is 0 Å². The monoisotopic (exact) mass is 202 g/mol. The summed E-state index contributed by atoms with van der Waals surface area (Å²) < 4.78 is 0. The molecule has 0 heterocycles. The fourth-order valence-corrected chi connectivity index (χ4v) is 2.14. The molecule has 0 aromatic heterocycles. The molecule has 1 aliphatic rings. The molecule has 0 nitrogen and oxygen atoms in total. The smallest absolute Gasteiger partial charge is 0.0139 e. The first-order valence-electron chi connectivity index (χ1n) is 6.09. The van der Waals surface area contributed by atoms with E-state index < -0.39 is 0 Å². The maximum Gasteiger partial charge on any atom is -0.0139 e. The highest BCUT2D eigenvalue weighted by Gasteiger charge is 2.30. The molecule has 1 aromatic carbocycles. The molecule has 0 aliphatic heterocycles. The van der Waals surface area contributed by atoms with Gasteiger partial charge in [0.1, 0.15) is 0 Å². The molecule has 1 unspecified atom stereocenters. The van der Waals surface area contributed by atoms with Gasteiger partial charge in [0.15, 0.2) is 0 Å². The minimum atomic E-state index is 0.366. The summed E-state index contributed by atoms with van der Waals surface area (Å²) >= 11 is 0. The van der Waals surface area contributed by atoms with E-state index in [4.69, 9.17) is 0 Å². The van der Waals surface area contributed by atoms with Crippen molar-refractivity contribution in [3.8, 4) is 0 Å². The number of rotatable bonds is 2. The van der Waals surface area contributed by atoms with Crippen LogP contribution < -0.4 is 0 Å². The Labute approximate surface area is 93.7 Å². The normalized spacial score (nSPS) is 18.9. The van der Waals surface area contributed by atoms with Crippen molar-refractivity contribution < 1.29 is 0 Å². The van der Waals surface area contributed by atoms with Crippen molar-refractivity contribution in [2.45, 2.75) is 52.4 Å². The van der Waals surface area contributed by atoms with Gasteiger partial charge in [-0.05, 0) is 41.2 Å². The summed E-state index contributed by atoms with van der Waals surface area (Å²) in [6, 6.07) is 9.02. The summed E-state index contributed by atoms with van der Waals surface area (Å²) in [6.45, 7) is 9.37. The van der Waals surface area contributed by atoms with Crippen LogP contribution in [-0.4, -0.2) is 0 Å². The molecule has 0 heteroatoms. The Morgan fingerprint density at radius 1 is 1.13 bits per heavy atom. The van der Waals surface area contributed by atoms with Gasteiger partial charge >= 0.3 is 0 Å². The first-order valence-corrected chi connectivity index (χ1v) is 6.09. The minimum Gasteiger partial charge on any atom is -0.0620 e. The predicted octanol–water partition coefficient (Wildman–Crippen LogP) is 4.71. The lowest BCUT2D eigenvalue weighted by atomic mass is 9.76. The van der Waals surface area contributed by atoms with E-state index >= 15 is 0 Å². The summed E-state index contributed by atoms with van der Waals surface area (Å²) in [5, 5.41) is 0. The van der Waals surface area contributed by atoms with Crippen LogP contribution in [0.15, 0.2) is 24.3 Å². The molecule has 0 saturated heterocycles. The van der Waals surface area contributed by atoms with Crippen molar-refractivity contribution in [2.24, 2.45) is 5.41 Å². The molecule has 1 atom stereocenters. The van der Waals surface area contributed by atoms with Crippen LogP contribution in [0, 0.1) is 5.41 Å². The molecular weight excluding hydrogens is 180 g/mol. The van der Waals surface area contributed by atoms with Crippen LogP contribution in [-0.2, 0) is 0 Å². The van der Waals surface area contributed by atoms with Crippen LogP contribution in [0.2, 0.25) is 0 Å². The van der Waals surface area contributed by atoms with E-state index in [1.54, 1.807) is 11.1 Å². The Balaban J connectivity index is 2.34. The molecule has 1 aromatic rings. The quantitative estimate of drug-likeness (QED) is 0.651. The molecule has 0 radical (unpaired) electrons. The molecular formula is C15H22. The third-order valence-corrected chi connectivity index (χ3v) is 3.78. The van der Waals surface area contributed by atoms with Crippen molar-refractivity contribution in [3.05, 3.63) is 35.4 Å². The summed E-state index contributed by atoms with van der Waals surface area (Å²) in [5.41, 5.74) is 3.55. The Bertz CT molecular complexity index is 339. The molecule has 0 amide bonds. The van der Waals surface area contributed by atoms with Gasteiger partial charge in [-0.15, -0.1) is 0 Å². The van der Waals surface area contributed by atoms with Crippen LogP contribution in [0.25, 0.3) is 0 Å². The molecule has 0 spiro atoms. The fraction of sp³-hybridized carbons (Fsp3) is 0.600. The zero-order chi connectivity index (χ0) is 11.1. The van der Waals surface area contributed by atoms with Gasteiger partial charge in [-0.1, -0.05) is 52.0 Å². The molecule has 1 fully saturated rings. The highest BCUT2D eigenvalue weighted by atomic mass is 14.3. The van der Waals surface area contributed by atoms with Crippen molar-refractivity contribution in [3.63, 3.8) is 0 Å². The summed E-state index contributed by atoms with van der Waals surface area (Å²) in [6.07, 6.45) is 2.79. The SMILES string of the molecule is CC(c1ccccc1C1CC1)C(C)(C)C. The maximum atomic E-state index is 2.36. The molecule has 15 heavy (non-hydrogen) atoms. The molecule has 1 aliphatic carbocycles. The standard InChI is InChI=1S/C15H22/c1-11(15(2,3)4)13-7-5-6-8-14(13)12-9-10-12/h5-8,11-12H,9-10H2,1-4H3. The highest BCUT2D eigenvalue weighted by molar-refractivity contribution is 5.36. The maximum absolute atomic E-state index is 2.36. The van der Waals surface area contributed by atoms with Gasteiger partial charge in [-0.3, -0.25) is 0 Å². The summed E-state index contributed by atoms with van der Waals surface area (Å²) in [7, 11) is 0. The second-order valence-electron chi connectivity index (χ2n) is 5.99. The van der Waals surface area contributed by atoms with Gasteiger partial charge in [-0.2, -0.15) is 0 Å². The lowest BCUT2D eigenvalue weighted by molar-refractivity contribution is 0.338. The Kier molecular flexibility index (Phi) is 2.62. The zero-order valence-corrected chi connectivity index (χ0v) is 10.4. The van der Waals surface area contributed by atoms with E-state index in [0.29, 0.717) is 11.3 Å². The Morgan fingerprint density at radius 2 is 1.73 bits per heavy atom. The van der Waals surface area contributed by atoms with Gasteiger partial charge in [-0.25, -0.2) is 0 Å². The second-order valence-corrected chi connectivity index (χ2v) is 5.99. The minimum absolute atomic E-state index is 0.366. The van der Waals surface area contributed by atoms with Gasteiger partial charge in [0.05, 0.1) is 0 Å². The number of hydrogen-bond acceptors (Lipinski definition) is 0. The highest BCUT2D eigenvalue weighted by Crippen LogP contribution is 2.46. The lowest BCUT2D eigenvalue weighted by Gasteiger charge is -2.29. The Hall–Kier alpha value is -0.780. The van der Waals surface area contributed by atoms with Crippen LogP contribution in [0.4, 0.5) is 0 Å². The van der Waals surface area contributed by atoms with E-state index in [9.17, 15) is 0 Å². The van der Waals surface area contributed by atoms with Crippen molar-refractivity contribution in [2.75, 3.05) is 0 Å². The summed E-state index contributed by atoms with van der Waals surface area (Å²) in [4.78, 5) is 0. The number of benzene rings is 1. The molecule has 0 N–H and O–H groups in total. The first-order chi connectivity index (χ1) is 7.00. The average molecular weight is 202 g/mol. The van der Waals surface area contributed by atoms with Gasteiger partial charge in [0.2, 0.25) is 0 Å². The van der Waals surface area contributed by atoms with E-state index in [0.717, 1.165) is 5.92 Å². The topological polar surface area (TPSA) is 0 Å². The predicted molar refractivity (Wildman–Crippen MR) is 66.3 cm³/mol. The Morgan fingerprint density at radius 3 is 2.27 bits per heavy atom. The van der Waals surface area contributed by atoms with Crippen LogP contribution in [0.1, 0.15) is 63.5 Å². The average Bonchev–Trinajstić information content (AvgIpc) is 2.98. The third-order valence-electron chi connectivity index (χ3n) is 3.78. The molecule has 0 bridgehead atoms. The van der Waals surface area contributed by atoms with Gasteiger partial charge in [0, 0.05) is 0 Å². The van der Waals surface area contributed by atoms with E-state index in [1.165, 1.54) is 12.8 Å². The lowest BCUT2D eigenvalue weighted by Crippen LogP contribution is -2.16. The van der Waals surface area contributed by atoms with Gasteiger partial charge in [0.25, 0.3) is 0 Å². The van der Waals surface area contributed by atoms with Crippen molar-refractivity contribution >= 4 is 0 Å². The molecule has 1 saturated carbocycles. The van der Waals surface area contributed by atoms with E-state index in [2.05, 4.69) is 52.0 Å². The van der Waals surface area contributed by atoms with E-state index in [1.807, 2.05) is 0 Å².